The van der Waals surface area contributed by atoms with E-state index >= 15 is 0 Å². The van der Waals surface area contributed by atoms with Crippen LogP contribution < -0.4 is 10.6 Å². The molecule has 5 fully saturated rings. The maximum atomic E-state index is 12.4. The highest BCUT2D eigenvalue weighted by Crippen LogP contribution is 2.55. The molecule has 1 saturated heterocycles. The monoisotopic (exact) mass is 305 g/mol. The second-order valence-corrected chi connectivity index (χ2v) is 8.80. The summed E-state index contributed by atoms with van der Waals surface area (Å²) in [6.45, 7) is 3.16. The highest BCUT2D eigenvalue weighted by atomic mass is 16.2. The molecular formula is C18H31N3O. The molecule has 4 heteroatoms. The van der Waals surface area contributed by atoms with Gasteiger partial charge in [0.05, 0.1) is 0 Å². The van der Waals surface area contributed by atoms with Gasteiger partial charge < -0.3 is 15.5 Å². The highest BCUT2D eigenvalue weighted by Gasteiger charge is 2.51. The van der Waals surface area contributed by atoms with Gasteiger partial charge in [0, 0.05) is 18.6 Å². The third-order valence-corrected chi connectivity index (χ3v) is 6.69. The average Bonchev–Trinajstić information content (AvgIpc) is 2.43. The summed E-state index contributed by atoms with van der Waals surface area (Å²) in [6.07, 6.45) is 10.5. The first kappa shape index (κ1) is 14.8. The molecule has 1 aliphatic heterocycles. The lowest BCUT2D eigenvalue weighted by Crippen LogP contribution is -2.61. The lowest BCUT2D eigenvalue weighted by Gasteiger charge is -2.56. The molecule has 4 aliphatic carbocycles. The van der Waals surface area contributed by atoms with Crippen molar-refractivity contribution < 1.29 is 4.79 Å². The Kier molecular flexibility index (Phi) is 3.83. The quantitative estimate of drug-likeness (QED) is 0.842. The summed E-state index contributed by atoms with van der Waals surface area (Å²) in [6, 6.07) is 0.0928. The van der Waals surface area contributed by atoms with Crippen LogP contribution in [0.3, 0.4) is 0 Å². The number of nitrogens with zero attached hydrogens (tertiary/aromatic N) is 1. The molecule has 1 atom stereocenters. The summed E-state index contributed by atoms with van der Waals surface area (Å²) < 4.78 is 0. The summed E-state index contributed by atoms with van der Waals surface area (Å²) >= 11 is 0. The molecule has 0 spiro atoms. The van der Waals surface area contributed by atoms with E-state index in [2.05, 4.69) is 22.6 Å². The fourth-order valence-corrected chi connectivity index (χ4v) is 6.23. The van der Waals surface area contributed by atoms with E-state index in [9.17, 15) is 4.79 Å². The van der Waals surface area contributed by atoms with Crippen LogP contribution >= 0.6 is 0 Å². The van der Waals surface area contributed by atoms with E-state index in [-0.39, 0.29) is 11.6 Å². The predicted molar refractivity (Wildman–Crippen MR) is 87.7 cm³/mol. The zero-order valence-electron chi connectivity index (χ0n) is 13.9. The zero-order chi connectivity index (χ0) is 15.2. The topological polar surface area (TPSA) is 44.4 Å². The van der Waals surface area contributed by atoms with Gasteiger partial charge in [-0.1, -0.05) is 0 Å². The van der Waals surface area contributed by atoms with Crippen LogP contribution in [0.25, 0.3) is 0 Å². The number of carbonyl (C=O) groups excluding carboxylic acids is 1. The first-order valence-corrected chi connectivity index (χ1v) is 9.35. The van der Waals surface area contributed by atoms with E-state index in [4.69, 9.17) is 0 Å². The Morgan fingerprint density at radius 1 is 1.14 bits per heavy atom. The Morgan fingerprint density at radius 3 is 2.36 bits per heavy atom. The minimum Gasteiger partial charge on any atom is -0.338 e. The average molecular weight is 305 g/mol. The van der Waals surface area contributed by atoms with Gasteiger partial charge in [0.2, 0.25) is 0 Å². The van der Waals surface area contributed by atoms with Crippen molar-refractivity contribution in [3.8, 4) is 0 Å². The van der Waals surface area contributed by atoms with Crippen molar-refractivity contribution in [1.82, 2.24) is 15.5 Å². The lowest BCUT2D eigenvalue weighted by molar-refractivity contribution is -0.0136. The summed E-state index contributed by atoms with van der Waals surface area (Å²) in [5, 5.41) is 6.58. The Hall–Kier alpha value is -0.770. The molecule has 2 N–H and O–H groups in total. The number of urea groups is 1. The third-order valence-electron chi connectivity index (χ3n) is 6.69. The molecule has 124 valence electrons. The summed E-state index contributed by atoms with van der Waals surface area (Å²) in [7, 11) is 2.18. The summed E-state index contributed by atoms with van der Waals surface area (Å²) in [5.74, 6) is 3.29. The van der Waals surface area contributed by atoms with Gasteiger partial charge in [-0.2, -0.15) is 0 Å². The van der Waals surface area contributed by atoms with Crippen LogP contribution in [0.5, 0.6) is 0 Å². The fourth-order valence-electron chi connectivity index (χ4n) is 6.23. The van der Waals surface area contributed by atoms with Crippen molar-refractivity contribution >= 4 is 6.03 Å². The molecule has 2 amide bonds. The number of rotatable bonds is 3. The van der Waals surface area contributed by atoms with E-state index < -0.39 is 0 Å². The summed E-state index contributed by atoms with van der Waals surface area (Å²) in [5.41, 5.74) is 0.141. The van der Waals surface area contributed by atoms with Crippen molar-refractivity contribution in [2.75, 3.05) is 26.7 Å². The Morgan fingerprint density at radius 2 is 1.77 bits per heavy atom. The van der Waals surface area contributed by atoms with Crippen LogP contribution in [0, 0.1) is 23.7 Å². The van der Waals surface area contributed by atoms with E-state index in [0.29, 0.717) is 5.92 Å². The molecule has 5 aliphatic rings. The number of piperidine rings is 1. The van der Waals surface area contributed by atoms with Crippen LogP contribution in [0.2, 0.25) is 0 Å². The molecule has 5 rings (SSSR count). The Balaban J connectivity index is 1.29. The van der Waals surface area contributed by atoms with Crippen molar-refractivity contribution in [1.29, 1.82) is 0 Å². The number of nitrogens with one attached hydrogen (secondary N) is 2. The molecule has 0 aromatic heterocycles. The molecule has 1 heterocycles. The van der Waals surface area contributed by atoms with Crippen LogP contribution in [-0.2, 0) is 0 Å². The molecule has 0 aromatic rings. The van der Waals surface area contributed by atoms with Crippen LogP contribution in [-0.4, -0.2) is 43.2 Å². The lowest BCUT2D eigenvalue weighted by atomic mass is 9.53. The van der Waals surface area contributed by atoms with Gasteiger partial charge in [-0.05, 0) is 88.6 Å². The molecule has 0 unspecified atom stereocenters. The second-order valence-electron chi connectivity index (χ2n) is 8.80. The van der Waals surface area contributed by atoms with Crippen LogP contribution in [0.15, 0.2) is 0 Å². The zero-order valence-corrected chi connectivity index (χ0v) is 13.9. The first-order valence-electron chi connectivity index (χ1n) is 9.35. The molecule has 4 nitrogen and oxygen atoms in total. The number of amides is 2. The van der Waals surface area contributed by atoms with Gasteiger partial charge in [0.25, 0.3) is 0 Å². The van der Waals surface area contributed by atoms with Gasteiger partial charge in [-0.3, -0.25) is 0 Å². The minimum atomic E-state index is 0.0928. The van der Waals surface area contributed by atoms with Crippen molar-refractivity contribution in [3.05, 3.63) is 0 Å². The Bertz CT molecular complexity index is 401. The smallest absolute Gasteiger partial charge is 0.315 e. The number of carbonyl (C=O) groups is 1. The Labute approximate surface area is 134 Å². The number of hydrogen-bond donors (Lipinski definition) is 2. The van der Waals surface area contributed by atoms with Gasteiger partial charge in [-0.25, -0.2) is 4.79 Å². The van der Waals surface area contributed by atoms with E-state index in [0.717, 1.165) is 30.8 Å². The highest BCUT2D eigenvalue weighted by molar-refractivity contribution is 5.74. The third kappa shape index (κ3) is 2.99. The van der Waals surface area contributed by atoms with Crippen LogP contribution in [0.1, 0.15) is 51.4 Å². The normalized spacial score (nSPS) is 44.0. The maximum absolute atomic E-state index is 12.4. The van der Waals surface area contributed by atoms with Gasteiger partial charge in [0.1, 0.15) is 0 Å². The van der Waals surface area contributed by atoms with E-state index in [1.807, 2.05) is 0 Å². The van der Waals surface area contributed by atoms with Crippen molar-refractivity contribution in [3.63, 3.8) is 0 Å². The predicted octanol–water partition coefficient (Wildman–Crippen LogP) is 2.60. The minimum absolute atomic E-state index is 0.0928. The second kappa shape index (κ2) is 5.70. The summed E-state index contributed by atoms with van der Waals surface area (Å²) in [4.78, 5) is 14.8. The molecule has 0 radical (unpaired) electrons. The van der Waals surface area contributed by atoms with Crippen LogP contribution in [0.4, 0.5) is 4.79 Å². The molecule has 22 heavy (non-hydrogen) atoms. The van der Waals surface area contributed by atoms with E-state index in [1.165, 1.54) is 57.9 Å². The molecule has 4 bridgehead atoms. The molecular weight excluding hydrogens is 274 g/mol. The van der Waals surface area contributed by atoms with E-state index in [1.54, 1.807) is 0 Å². The van der Waals surface area contributed by atoms with Crippen molar-refractivity contribution in [2.45, 2.75) is 56.9 Å². The SMILES string of the molecule is CN1CCC[C@@H](CNC(=O)NC23CC4CC(CC(C4)C2)C3)C1. The fraction of sp³-hybridized carbons (Fsp3) is 0.944. The van der Waals surface area contributed by atoms with Crippen molar-refractivity contribution in [2.24, 2.45) is 23.7 Å². The maximum Gasteiger partial charge on any atom is 0.315 e. The molecule has 4 saturated carbocycles. The van der Waals surface area contributed by atoms with Gasteiger partial charge >= 0.3 is 6.03 Å². The number of likely N-dealkylation sites (tertiary alicyclic amines) is 1. The number of hydrogen-bond acceptors (Lipinski definition) is 2. The van der Waals surface area contributed by atoms with Gasteiger partial charge in [-0.15, -0.1) is 0 Å². The molecule has 0 aromatic carbocycles. The standard InChI is InChI=1S/C18H31N3O/c1-21-4-2-3-13(12-21)11-19-17(22)20-18-8-14-5-15(9-18)7-16(6-14)10-18/h13-16H,2-12H2,1H3,(H2,19,20,22)/t13-,14?,15?,16?,18?/m0/s1. The van der Waals surface area contributed by atoms with Gasteiger partial charge in [0.15, 0.2) is 0 Å². The first-order chi connectivity index (χ1) is 10.6. The largest absolute Gasteiger partial charge is 0.338 e.